The van der Waals surface area contributed by atoms with Crippen LogP contribution in [0, 0.1) is 11.8 Å². The van der Waals surface area contributed by atoms with E-state index in [9.17, 15) is 4.79 Å². The number of nitrogens with two attached hydrogens (primary N) is 1. The molecule has 2 N–H and O–H groups in total. The number of carbonyl (C=O) groups excluding carboxylic acids is 1. The zero-order valence-electron chi connectivity index (χ0n) is 12.9. The van der Waals surface area contributed by atoms with Crippen LogP contribution < -0.4 is 5.73 Å². The fraction of sp³-hybridized carbons (Fsp3) is 0.933. The van der Waals surface area contributed by atoms with Crippen molar-refractivity contribution in [3.63, 3.8) is 0 Å². The summed E-state index contributed by atoms with van der Waals surface area (Å²) >= 11 is 0. The topological polar surface area (TPSA) is 49.6 Å². The molecular formula is C15H31N3O. The first kappa shape index (κ1) is 16.4. The van der Waals surface area contributed by atoms with Crippen molar-refractivity contribution in [2.75, 3.05) is 39.3 Å². The first-order chi connectivity index (χ1) is 9.12. The number of piperidine rings is 1. The molecule has 1 rings (SSSR count). The standard InChI is InChI=1S/C15H31N3O/c1-4-18(5-2)15(19)7-6-9-17-10-8-13(3)14(11-16)12-17/h13-14H,4-12,16H2,1-3H3. The van der Waals surface area contributed by atoms with Crippen molar-refractivity contribution in [3.8, 4) is 0 Å². The molecule has 1 saturated heterocycles. The predicted octanol–water partition coefficient (Wildman–Crippen LogP) is 1.55. The number of hydrogen-bond donors (Lipinski definition) is 1. The smallest absolute Gasteiger partial charge is 0.222 e. The van der Waals surface area contributed by atoms with E-state index in [1.165, 1.54) is 6.42 Å². The van der Waals surface area contributed by atoms with Crippen LogP contribution in [0.1, 0.15) is 40.0 Å². The van der Waals surface area contributed by atoms with E-state index in [4.69, 9.17) is 5.73 Å². The van der Waals surface area contributed by atoms with E-state index in [1.807, 2.05) is 18.7 Å². The summed E-state index contributed by atoms with van der Waals surface area (Å²) in [7, 11) is 0. The largest absolute Gasteiger partial charge is 0.343 e. The van der Waals surface area contributed by atoms with Gasteiger partial charge in [-0.05, 0) is 58.2 Å². The molecule has 2 atom stereocenters. The molecule has 1 aliphatic heterocycles. The second-order valence-electron chi connectivity index (χ2n) is 5.73. The maximum atomic E-state index is 11.9. The van der Waals surface area contributed by atoms with Gasteiger partial charge in [-0.2, -0.15) is 0 Å². The van der Waals surface area contributed by atoms with Crippen LogP contribution in [0.5, 0.6) is 0 Å². The van der Waals surface area contributed by atoms with Crippen LogP contribution in [0.15, 0.2) is 0 Å². The molecule has 0 aromatic heterocycles. The van der Waals surface area contributed by atoms with Crippen molar-refractivity contribution in [2.24, 2.45) is 17.6 Å². The zero-order valence-corrected chi connectivity index (χ0v) is 12.9. The van der Waals surface area contributed by atoms with Crippen molar-refractivity contribution in [3.05, 3.63) is 0 Å². The molecule has 1 heterocycles. The van der Waals surface area contributed by atoms with Crippen LogP contribution in [0.25, 0.3) is 0 Å². The molecule has 1 fully saturated rings. The minimum atomic E-state index is 0.297. The van der Waals surface area contributed by atoms with Gasteiger partial charge in [0.1, 0.15) is 0 Å². The average Bonchev–Trinajstić information content (AvgIpc) is 2.42. The Morgan fingerprint density at radius 1 is 1.37 bits per heavy atom. The van der Waals surface area contributed by atoms with Gasteiger partial charge in [-0.3, -0.25) is 4.79 Å². The second-order valence-corrected chi connectivity index (χ2v) is 5.73. The summed E-state index contributed by atoms with van der Waals surface area (Å²) in [6, 6.07) is 0. The summed E-state index contributed by atoms with van der Waals surface area (Å²) in [6.45, 7) is 12.1. The molecule has 4 nitrogen and oxygen atoms in total. The Kier molecular flexibility index (Phi) is 7.39. The molecule has 2 unspecified atom stereocenters. The summed E-state index contributed by atoms with van der Waals surface area (Å²) in [5, 5.41) is 0. The van der Waals surface area contributed by atoms with Crippen LogP contribution in [0.2, 0.25) is 0 Å². The Balaban J connectivity index is 2.24. The number of amides is 1. The first-order valence-corrected chi connectivity index (χ1v) is 7.82. The van der Waals surface area contributed by atoms with Gasteiger partial charge >= 0.3 is 0 Å². The summed E-state index contributed by atoms with van der Waals surface area (Å²) in [5.41, 5.74) is 5.82. The van der Waals surface area contributed by atoms with Gasteiger partial charge < -0.3 is 15.5 Å². The number of likely N-dealkylation sites (tertiary alicyclic amines) is 1. The summed E-state index contributed by atoms with van der Waals surface area (Å²) < 4.78 is 0. The molecule has 4 heteroatoms. The molecule has 19 heavy (non-hydrogen) atoms. The molecule has 0 aromatic rings. The second kappa shape index (κ2) is 8.54. The van der Waals surface area contributed by atoms with Crippen LogP contribution in [0.3, 0.4) is 0 Å². The van der Waals surface area contributed by atoms with Crippen LogP contribution in [0.4, 0.5) is 0 Å². The Bertz CT molecular complexity index is 266. The van der Waals surface area contributed by atoms with Crippen LogP contribution >= 0.6 is 0 Å². The lowest BCUT2D eigenvalue weighted by Crippen LogP contribution is -2.43. The average molecular weight is 269 g/mol. The van der Waals surface area contributed by atoms with Crippen molar-refractivity contribution < 1.29 is 4.79 Å². The van der Waals surface area contributed by atoms with E-state index < -0.39 is 0 Å². The molecule has 0 spiro atoms. The molecule has 0 radical (unpaired) electrons. The Hall–Kier alpha value is -0.610. The fourth-order valence-corrected chi connectivity index (χ4v) is 2.92. The molecule has 112 valence electrons. The summed E-state index contributed by atoms with van der Waals surface area (Å²) in [4.78, 5) is 16.3. The normalized spacial score (nSPS) is 24.4. The lowest BCUT2D eigenvalue weighted by Gasteiger charge is -2.36. The molecular weight excluding hydrogens is 238 g/mol. The third-order valence-electron chi connectivity index (χ3n) is 4.48. The lowest BCUT2D eigenvalue weighted by molar-refractivity contribution is -0.131. The number of nitrogens with zero attached hydrogens (tertiary/aromatic N) is 2. The van der Waals surface area contributed by atoms with E-state index in [-0.39, 0.29) is 0 Å². The van der Waals surface area contributed by atoms with Gasteiger partial charge in [0.25, 0.3) is 0 Å². The highest BCUT2D eigenvalue weighted by Crippen LogP contribution is 2.22. The molecule has 0 aromatic carbocycles. The van der Waals surface area contributed by atoms with Gasteiger partial charge in [0.2, 0.25) is 5.91 Å². The maximum absolute atomic E-state index is 11.9. The molecule has 0 bridgehead atoms. The summed E-state index contributed by atoms with van der Waals surface area (Å²) in [5.74, 6) is 1.68. The van der Waals surface area contributed by atoms with Crippen LogP contribution in [-0.4, -0.2) is 55.0 Å². The first-order valence-electron chi connectivity index (χ1n) is 7.82. The highest BCUT2D eigenvalue weighted by Gasteiger charge is 2.24. The van der Waals surface area contributed by atoms with Crippen molar-refractivity contribution in [2.45, 2.75) is 40.0 Å². The molecule has 0 aliphatic carbocycles. The van der Waals surface area contributed by atoms with Gasteiger partial charge in [0.15, 0.2) is 0 Å². The molecule has 1 amide bonds. The fourth-order valence-electron chi connectivity index (χ4n) is 2.92. The van der Waals surface area contributed by atoms with Crippen molar-refractivity contribution in [1.82, 2.24) is 9.80 Å². The Morgan fingerprint density at radius 3 is 2.63 bits per heavy atom. The highest BCUT2D eigenvalue weighted by molar-refractivity contribution is 5.76. The van der Waals surface area contributed by atoms with E-state index >= 15 is 0 Å². The van der Waals surface area contributed by atoms with Crippen molar-refractivity contribution in [1.29, 1.82) is 0 Å². The van der Waals surface area contributed by atoms with Gasteiger partial charge in [-0.25, -0.2) is 0 Å². The molecule has 1 aliphatic rings. The van der Waals surface area contributed by atoms with Gasteiger partial charge in [-0.1, -0.05) is 6.92 Å². The minimum Gasteiger partial charge on any atom is -0.343 e. The van der Waals surface area contributed by atoms with Gasteiger partial charge in [0.05, 0.1) is 0 Å². The number of rotatable bonds is 7. The number of carbonyl (C=O) groups is 1. The lowest BCUT2D eigenvalue weighted by atomic mass is 9.87. The van der Waals surface area contributed by atoms with Gasteiger partial charge in [0, 0.05) is 26.1 Å². The number of hydrogen-bond acceptors (Lipinski definition) is 3. The summed E-state index contributed by atoms with van der Waals surface area (Å²) in [6.07, 6.45) is 2.90. The van der Waals surface area contributed by atoms with E-state index in [0.717, 1.165) is 51.6 Å². The van der Waals surface area contributed by atoms with Crippen molar-refractivity contribution >= 4 is 5.91 Å². The predicted molar refractivity (Wildman–Crippen MR) is 79.9 cm³/mol. The highest BCUT2D eigenvalue weighted by atomic mass is 16.2. The quantitative estimate of drug-likeness (QED) is 0.763. The maximum Gasteiger partial charge on any atom is 0.222 e. The Morgan fingerprint density at radius 2 is 2.05 bits per heavy atom. The monoisotopic (exact) mass is 269 g/mol. The third kappa shape index (κ3) is 5.11. The van der Waals surface area contributed by atoms with E-state index in [2.05, 4.69) is 11.8 Å². The van der Waals surface area contributed by atoms with E-state index in [1.54, 1.807) is 0 Å². The van der Waals surface area contributed by atoms with Crippen LogP contribution in [-0.2, 0) is 4.79 Å². The minimum absolute atomic E-state index is 0.297. The molecule has 0 saturated carbocycles. The SMILES string of the molecule is CCN(CC)C(=O)CCCN1CCC(C)C(CN)C1. The Labute approximate surface area is 118 Å². The zero-order chi connectivity index (χ0) is 14.3. The third-order valence-corrected chi connectivity index (χ3v) is 4.48. The van der Waals surface area contributed by atoms with E-state index in [0.29, 0.717) is 18.2 Å². The van der Waals surface area contributed by atoms with Gasteiger partial charge in [-0.15, -0.1) is 0 Å².